The monoisotopic (exact) mass is 492 g/mol. The number of thioether (sulfide) groups is 2. The van der Waals surface area contributed by atoms with E-state index < -0.39 is 0 Å². The Hall–Kier alpha value is -2.70. The quantitative estimate of drug-likeness (QED) is 0.250. The molecule has 0 bridgehead atoms. The summed E-state index contributed by atoms with van der Waals surface area (Å²) in [4.78, 5) is 30.5. The van der Waals surface area contributed by atoms with Crippen molar-refractivity contribution in [2.45, 2.75) is 12.8 Å². The third-order valence-corrected chi connectivity index (χ3v) is 8.00. The van der Waals surface area contributed by atoms with Crippen LogP contribution in [0.1, 0.15) is 24.0 Å². The molecule has 2 aromatic rings. The van der Waals surface area contributed by atoms with Crippen LogP contribution in [0.2, 0.25) is 0 Å². The van der Waals surface area contributed by atoms with Crippen LogP contribution >= 0.6 is 23.5 Å². The largest absolute Gasteiger partial charge is 0.378 e. The molecule has 0 radical (unpaired) electrons. The molecule has 4 nitrogen and oxygen atoms in total. The Labute approximate surface area is 211 Å². The molecule has 0 unspecified atom stereocenters. The number of rotatable bonds is 8. The number of anilines is 2. The fourth-order valence-corrected chi connectivity index (χ4v) is 5.91. The molecule has 0 atom stereocenters. The highest BCUT2D eigenvalue weighted by Crippen LogP contribution is 2.37. The lowest BCUT2D eigenvalue weighted by Crippen LogP contribution is -2.11. The van der Waals surface area contributed by atoms with Crippen LogP contribution in [-0.2, 0) is 9.59 Å². The molecule has 0 N–H and O–H groups in total. The molecule has 1 aliphatic heterocycles. The standard InChI is InChI=1S/C28H32N2O2S2/c1-29(2)23-13-7-21(8-14-23)11-17-25(31)27(28-33-19-5-6-20-34-28)26(32)18-12-22-9-15-24(16-10-22)30(3)4/h7-18H,5-6,19-20H2,1-4H3/b17-11+,18-12+. The second kappa shape index (κ2) is 12.7. The zero-order valence-corrected chi connectivity index (χ0v) is 21.9. The first kappa shape index (κ1) is 25.9. The molecule has 1 aliphatic rings. The molecule has 3 rings (SSSR count). The predicted molar refractivity (Wildman–Crippen MR) is 151 cm³/mol. The normalized spacial score (nSPS) is 14.3. The zero-order chi connectivity index (χ0) is 24.5. The fraction of sp³-hybridized carbons (Fsp3) is 0.286. The molecule has 0 spiro atoms. The number of ketones is 2. The Balaban J connectivity index is 1.83. The summed E-state index contributed by atoms with van der Waals surface area (Å²) in [6, 6.07) is 15.9. The SMILES string of the molecule is CN(C)c1ccc(/C=C/C(=O)C(C(=O)/C=C/c2ccc(N(C)C)cc2)=C2SCCCCS2)cc1. The molecule has 1 heterocycles. The van der Waals surface area contributed by atoms with Gasteiger partial charge in [0.2, 0.25) is 0 Å². The molecule has 0 aromatic heterocycles. The fourth-order valence-electron chi connectivity index (χ4n) is 3.32. The van der Waals surface area contributed by atoms with Gasteiger partial charge in [-0.05, 0) is 71.9 Å². The smallest absolute Gasteiger partial charge is 0.191 e. The number of carbonyl (C=O) groups excluding carboxylic acids is 2. The molecule has 1 fully saturated rings. The van der Waals surface area contributed by atoms with Crippen molar-refractivity contribution in [1.29, 1.82) is 0 Å². The van der Waals surface area contributed by atoms with Crippen molar-refractivity contribution >= 4 is 58.6 Å². The van der Waals surface area contributed by atoms with Crippen LogP contribution in [0.25, 0.3) is 12.2 Å². The van der Waals surface area contributed by atoms with Crippen LogP contribution < -0.4 is 9.80 Å². The number of hydrogen-bond donors (Lipinski definition) is 0. The lowest BCUT2D eigenvalue weighted by molar-refractivity contribution is -0.116. The molecular formula is C28H32N2O2S2. The molecule has 0 saturated carbocycles. The van der Waals surface area contributed by atoms with Crippen molar-refractivity contribution in [2.24, 2.45) is 0 Å². The number of carbonyl (C=O) groups is 2. The van der Waals surface area contributed by atoms with Gasteiger partial charge in [0, 0.05) is 39.6 Å². The minimum Gasteiger partial charge on any atom is -0.378 e. The minimum absolute atomic E-state index is 0.244. The van der Waals surface area contributed by atoms with Crippen LogP contribution in [0, 0.1) is 0 Å². The van der Waals surface area contributed by atoms with Crippen LogP contribution in [0.3, 0.4) is 0 Å². The minimum atomic E-state index is -0.244. The lowest BCUT2D eigenvalue weighted by Gasteiger charge is -2.12. The van der Waals surface area contributed by atoms with E-state index in [9.17, 15) is 9.59 Å². The first-order valence-electron chi connectivity index (χ1n) is 11.3. The van der Waals surface area contributed by atoms with Crippen LogP contribution in [-0.4, -0.2) is 51.3 Å². The van der Waals surface area contributed by atoms with Crippen molar-refractivity contribution in [3.8, 4) is 0 Å². The van der Waals surface area contributed by atoms with Gasteiger partial charge >= 0.3 is 0 Å². The van der Waals surface area contributed by atoms with E-state index in [0.717, 1.165) is 51.1 Å². The van der Waals surface area contributed by atoms with Crippen molar-refractivity contribution in [3.63, 3.8) is 0 Å². The number of benzene rings is 2. The van der Waals surface area contributed by atoms with Crippen molar-refractivity contribution in [2.75, 3.05) is 49.5 Å². The van der Waals surface area contributed by atoms with Gasteiger partial charge < -0.3 is 9.80 Å². The highest BCUT2D eigenvalue weighted by molar-refractivity contribution is 8.22. The Morgan fingerprint density at radius 2 is 1.06 bits per heavy atom. The van der Waals surface area contributed by atoms with E-state index in [0.29, 0.717) is 0 Å². The third-order valence-electron chi connectivity index (χ3n) is 5.38. The summed E-state index contributed by atoms with van der Waals surface area (Å²) in [5.41, 5.74) is 4.31. The highest BCUT2D eigenvalue weighted by atomic mass is 32.2. The molecule has 1 saturated heterocycles. The topological polar surface area (TPSA) is 40.6 Å². The van der Waals surface area contributed by atoms with Gasteiger partial charge in [-0.25, -0.2) is 0 Å². The maximum absolute atomic E-state index is 13.2. The van der Waals surface area contributed by atoms with E-state index in [4.69, 9.17) is 0 Å². The molecule has 0 amide bonds. The summed E-state index contributed by atoms with van der Waals surface area (Å²) in [7, 11) is 7.96. The van der Waals surface area contributed by atoms with Gasteiger partial charge in [-0.15, -0.1) is 23.5 Å². The van der Waals surface area contributed by atoms with Crippen molar-refractivity contribution in [1.82, 2.24) is 0 Å². The number of allylic oxidation sites excluding steroid dienone is 3. The number of nitrogens with zero attached hydrogens (tertiary/aromatic N) is 2. The molecule has 6 heteroatoms. The van der Waals surface area contributed by atoms with Gasteiger partial charge in [-0.2, -0.15) is 0 Å². The average Bonchev–Trinajstić information content (AvgIpc) is 3.11. The van der Waals surface area contributed by atoms with Crippen LogP contribution in [0.15, 0.2) is 70.5 Å². The first-order chi connectivity index (χ1) is 16.3. The Bertz CT molecular complexity index is 997. The van der Waals surface area contributed by atoms with E-state index in [1.165, 1.54) is 12.2 Å². The van der Waals surface area contributed by atoms with Gasteiger partial charge in [0.25, 0.3) is 0 Å². The first-order valence-corrected chi connectivity index (χ1v) is 13.3. The van der Waals surface area contributed by atoms with E-state index in [2.05, 4.69) is 0 Å². The van der Waals surface area contributed by atoms with Crippen molar-refractivity contribution < 1.29 is 9.59 Å². The summed E-state index contributed by atoms with van der Waals surface area (Å²) < 4.78 is 0.840. The molecule has 34 heavy (non-hydrogen) atoms. The zero-order valence-electron chi connectivity index (χ0n) is 20.3. The van der Waals surface area contributed by atoms with E-state index in [1.54, 1.807) is 35.7 Å². The maximum atomic E-state index is 13.2. The Morgan fingerprint density at radius 3 is 1.41 bits per heavy atom. The predicted octanol–water partition coefficient (Wildman–Crippen LogP) is 6.16. The number of hydrogen-bond acceptors (Lipinski definition) is 6. The highest BCUT2D eigenvalue weighted by Gasteiger charge is 2.21. The van der Waals surface area contributed by atoms with E-state index in [1.807, 2.05) is 86.5 Å². The lowest BCUT2D eigenvalue weighted by atomic mass is 10.1. The second-order valence-electron chi connectivity index (χ2n) is 8.43. The summed E-state index contributed by atoms with van der Waals surface area (Å²) in [5, 5.41) is 0. The third kappa shape index (κ3) is 7.40. The maximum Gasteiger partial charge on any atom is 0.191 e. The average molecular weight is 493 g/mol. The summed E-state index contributed by atoms with van der Waals surface area (Å²) in [6.45, 7) is 0. The molecule has 2 aromatic carbocycles. The van der Waals surface area contributed by atoms with E-state index in [-0.39, 0.29) is 17.1 Å². The summed E-state index contributed by atoms with van der Waals surface area (Å²) >= 11 is 3.25. The Morgan fingerprint density at radius 1 is 0.676 bits per heavy atom. The second-order valence-corrected chi connectivity index (χ2v) is 10.9. The van der Waals surface area contributed by atoms with Crippen molar-refractivity contribution in [3.05, 3.63) is 81.6 Å². The van der Waals surface area contributed by atoms with Gasteiger partial charge in [-0.3, -0.25) is 9.59 Å². The molecule has 0 aliphatic carbocycles. The summed E-state index contributed by atoms with van der Waals surface area (Å²) in [5.74, 6) is 1.37. The molecule has 178 valence electrons. The molecular weight excluding hydrogens is 460 g/mol. The van der Waals surface area contributed by atoms with Gasteiger partial charge in [0.15, 0.2) is 11.6 Å². The summed E-state index contributed by atoms with van der Waals surface area (Å²) in [6.07, 6.45) is 8.81. The van der Waals surface area contributed by atoms with Gasteiger partial charge in [-0.1, -0.05) is 36.4 Å². The van der Waals surface area contributed by atoms with Crippen LogP contribution in [0.5, 0.6) is 0 Å². The Kier molecular flexibility index (Phi) is 9.66. The van der Waals surface area contributed by atoms with E-state index >= 15 is 0 Å². The van der Waals surface area contributed by atoms with Gasteiger partial charge in [0.1, 0.15) is 0 Å². The van der Waals surface area contributed by atoms with Gasteiger partial charge in [0.05, 0.1) is 9.81 Å². The van der Waals surface area contributed by atoms with Crippen LogP contribution in [0.4, 0.5) is 11.4 Å².